The van der Waals surface area contributed by atoms with Gasteiger partial charge in [-0.05, 0) is 74.5 Å². The molecule has 0 aromatic rings. The fourth-order valence-corrected chi connectivity index (χ4v) is 6.96. The van der Waals surface area contributed by atoms with Gasteiger partial charge in [-0.15, -0.1) is 0 Å². The Balaban J connectivity index is 1.97. The molecule has 3 aliphatic carbocycles. The second-order valence-electron chi connectivity index (χ2n) is 9.70. The predicted molar refractivity (Wildman–Crippen MR) is 106 cm³/mol. The highest BCUT2D eigenvalue weighted by Crippen LogP contribution is 2.64. The maximum atomic E-state index is 12.4. The number of rotatable bonds is 6. The zero-order chi connectivity index (χ0) is 20.7. The fourth-order valence-electron chi connectivity index (χ4n) is 6.96. The summed E-state index contributed by atoms with van der Waals surface area (Å²) in [4.78, 5) is 24.2. The van der Waals surface area contributed by atoms with E-state index in [2.05, 4.69) is 13.8 Å². The molecule has 5 nitrogen and oxygen atoms in total. The van der Waals surface area contributed by atoms with Crippen LogP contribution >= 0.6 is 0 Å². The lowest BCUT2D eigenvalue weighted by Gasteiger charge is -2.53. The van der Waals surface area contributed by atoms with E-state index in [4.69, 9.17) is 4.74 Å². The van der Waals surface area contributed by atoms with Crippen LogP contribution in [0.3, 0.4) is 0 Å². The van der Waals surface area contributed by atoms with Gasteiger partial charge in [-0.1, -0.05) is 25.0 Å². The fraction of sp³-hybridized carbons (Fsp3) is 0.826. The molecular weight excluding hydrogens is 356 g/mol. The lowest BCUT2D eigenvalue weighted by molar-refractivity contribution is -0.141. The number of hydrogen-bond acceptors (Lipinski definition) is 5. The van der Waals surface area contributed by atoms with Crippen molar-refractivity contribution in [2.24, 2.45) is 28.6 Å². The van der Waals surface area contributed by atoms with Crippen LogP contribution in [0.1, 0.15) is 72.1 Å². The van der Waals surface area contributed by atoms with E-state index < -0.39 is 6.10 Å². The van der Waals surface area contributed by atoms with Crippen molar-refractivity contribution in [2.45, 2.75) is 78.2 Å². The smallest absolute Gasteiger partial charge is 0.305 e. The summed E-state index contributed by atoms with van der Waals surface area (Å²) in [5.41, 5.74) is 2.62. The van der Waals surface area contributed by atoms with E-state index in [0.29, 0.717) is 18.8 Å². The molecule has 5 heteroatoms. The minimum Gasteiger partial charge on any atom is -0.469 e. The Morgan fingerprint density at radius 3 is 2.54 bits per heavy atom. The van der Waals surface area contributed by atoms with Gasteiger partial charge in [0.1, 0.15) is 6.61 Å². The molecular formula is C23H36O5. The second kappa shape index (κ2) is 7.91. The molecule has 158 valence electrons. The van der Waals surface area contributed by atoms with Gasteiger partial charge in [0.25, 0.3) is 0 Å². The lowest BCUT2D eigenvalue weighted by Crippen LogP contribution is -2.46. The van der Waals surface area contributed by atoms with Gasteiger partial charge in [0.15, 0.2) is 5.78 Å². The van der Waals surface area contributed by atoms with Gasteiger partial charge in [-0.2, -0.15) is 0 Å². The Hall–Kier alpha value is -1.20. The molecule has 1 fully saturated rings. The minimum atomic E-state index is -0.419. The van der Waals surface area contributed by atoms with E-state index in [1.54, 1.807) is 0 Å². The molecule has 3 aliphatic rings. The molecule has 0 aromatic carbocycles. The van der Waals surface area contributed by atoms with Crippen molar-refractivity contribution < 1.29 is 24.5 Å². The molecule has 2 N–H and O–H groups in total. The van der Waals surface area contributed by atoms with Crippen molar-refractivity contribution in [3.63, 3.8) is 0 Å². The van der Waals surface area contributed by atoms with Crippen molar-refractivity contribution in [3.05, 3.63) is 11.1 Å². The molecule has 0 amide bonds. The summed E-state index contributed by atoms with van der Waals surface area (Å²) in [6.45, 7) is 5.96. The van der Waals surface area contributed by atoms with Gasteiger partial charge in [0.05, 0.1) is 13.2 Å². The van der Waals surface area contributed by atoms with Crippen LogP contribution in [0, 0.1) is 28.6 Å². The summed E-state index contributed by atoms with van der Waals surface area (Å²) in [6.07, 6.45) is 6.23. The van der Waals surface area contributed by atoms with Crippen LogP contribution in [0.4, 0.5) is 0 Å². The summed E-state index contributed by atoms with van der Waals surface area (Å²) in [6, 6.07) is 0. The third-order valence-electron chi connectivity index (χ3n) is 8.49. The molecule has 6 atom stereocenters. The summed E-state index contributed by atoms with van der Waals surface area (Å²) in [7, 11) is 1.42. The summed E-state index contributed by atoms with van der Waals surface area (Å²) >= 11 is 0. The number of aliphatic hydroxyl groups is 2. The van der Waals surface area contributed by atoms with E-state index in [0.717, 1.165) is 38.5 Å². The zero-order valence-corrected chi connectivity index (χ0v) is 17.8. The number of allylic oxidation sites excluding steroid dienone is 2. The van der Waals surface area contributed by atoms with E-state index in [1.165, 1.54) is 18.3 Å². The predicted octanol–water partition coefficient (Wildman–Crippen LogP) is 3.42. The van der Waals surface area contributed by atoms with Gasteiger partial charge in [-0.3, -0.25) is 9.59 Å². The number of Topliss-reactive ketones (excluding diaryl/α,β-unsaturated/α-hetero) is 1. The van der Waals surface area contributed by atoms with E-state index in [9.17, 15) is 19.8 Å². The van der Waals surface area contributed by atoms with Crippen LogP contribution in [-0.2, 0) is 14.3 Å². The quantitative estimate of drug-likeness (QED) is 0.534. The van der Waals surface area contributed by atoms with Crippen LogP contribution in [-0.4, -0.2) is 41.8 Å². The van der Waals surface area contributed by atoms with E-state index >= 15 is 0 Å². The van der Waals surface area contributed by atoms with Gasteiger partial charge >= 0.3 is 5.97 Å². The monoisotopic (exact) mass is 392 g/mol. The van der Waals surface area contributed by atoms with Gasteiger partial charge in [0, 0.05) is 12.3 Å². The van der Waals surface area contributed by atoms with E-state index in [-0.39, 0.29) is 41.0 Å². The highest BCUT2D eigenvalue weighted by molar-refractivity contribution is 5.83. The third kappa shape index (κ3) is 3.35. The Kier molecular flexibility index (Phi) is 6.07. The topological polar surface area (TPSA) is 83.8 Å². The van der Waals surface area contributed by atoms with Crippen LogP contribution < -0.4 is 0 Å². The van der Waals surface area contributed by atoms with Crippen molar-refractivity contribution >= 4 is 11.8 Å². The maximum Gasteiger partial charge on any atom is 0.305 e. The maximum absolute atomic E-state index is 12.4. The normalized spacial score (nSPS) is 38.6. The molecule has 0 aliphatic heterocycles. The molecule has 0 bridgehead atoms. The molecule has 0 spiro atoms. The van der Waals surface area contributed by atoms with Crippen LogP contribution in [0.25, 0.3) is 0 Å². The molecule has 0 heterocycles. The molecule has 1 saturated carbocycles. The molecule has 0 radical (unpaired) electrons. The number of fused-ring (bicyclic) bond motifs is 2. The number of carbonyl (C=O) groups excluding carboxylic acids is 2. The summed E-state index contributed by atoms with van der Waals surface area (Å²) < 4.78 is 4.88. The average Bonchev–Trinajstić information content (AvgIpc) is 3.02. The molecule has 6 unspecified atom stereocenters. The Labute approximate surface area is 168 Å². The third-order valence-corrected chi connectivity index (χ3v) is 8.49. The van der Waals surface area contributed by atoms with Crippen LogP contribution in [0.2, 0.25) is 0 Å². The average molecular weight is 393 g/mol. The van der Waals surface area contributed by atoms with Gasteiger partial charge < -0.3 is 14.9 Å². The highest BCUT2D eigenvalue weighted by Gasteiger charge is 2.56. The molecule has 28 heavy (non-hydrogen) atoms. The summed E-state index contributed by atoms with van der Waals surface area (Å²) in [5.74, 6) is 0.252. The van der Waals surface area contributed by atoms with Gasteiger partial charge in [0.2, 0.25) is 0 Å². The number of esters is 1. The first-order chi connectivity index (χ1) is 13.2. The Morgan fingerprint density at radius 2 is 1.93 bits per heavy atom. The van der Waals surface area contributed by atoms with Gasteiger partial charge in [-0.25, -0.2) is 0 Å². The number of aliphatic hydroxyl groups excluding tert-OH is 2. The Morgan fingerprint density at radius 1 is 1.21 bits per heavy atom. The Bertz CT molecular complexity index is 666. The van der Waals surface area contributed by atoms with E-state index in [1.807, 2.05) is 6.92 Å². The second-order valence-corrected chi connectivity index (χ2v) is 9.70. The molecule has 0 saturated heterocycles. The first kappa shape index (κ1) is 21.5. The largest absolute Gasteiger partial charge is 0.469 e. The summed E-state index contributed by atoms with van der Waals surface area (Å²) in [5, 5.41) is 19.9. The highest BCUT2D eigenvalue weighted by atomic mass is 16.5. The lowest BCUT2D eigenvalue weighted by atomic mass is 9.52. The van der Waals surface area contributed by atoms with Crippen molar-refractivity contribution in [1.82, 2.24) is 0 Å². The number of hydrogen-bond donors (Lipinski definition) is 2. The molecule has 3 rings (SSSR count). The standard InChI is InChI=1S/C23H36O5/c1-14(25)16-6-5-15-17-7-8-19(20(26)13-24)23(17,3)11-9-18(15)22(16,2)12-10-21(27)28-4/h14,16-17,19,24-25H,5-13H2,1-4H3. The SMILES string of the molecule is COC(=O)CCC1(C)C2=C(CCC1C(C)O)C1CCC(C(=O)CO)C1(C)CC2. The van der Waals surface area contributed by atoms with Crippen molar-refractivity contribution in [2.75, 3.05) is 13.7 Å². The van der Waals surface area contributed by atoms with Crippen LogP contribution in [0.15, 0.2) is 11.1 Å². The number of ether oxygens (including phenoxy) is 1. The minimum absolute atomic E-state index is 0.0137. The molecule has 0 aromatic heterocycles. The number of ketones is 1. The first-order valence-electron chi connectivity index (χ1n) is 10.8. The van der Waals surface area contributed by atoms with Crippen LogP contribution in [0.5, 0.6) is 0 Å². The number of carbonyl (C=O) groups is 2. The first-order valence-corrected chi connectivity index (χ1v) is 10.8. The zero-order valence-electron chi connectivity index (χ0n) is 17.8. The van der Waals surface area contributed by atoms with Crippen molar-refractivity contribution in [1.29, 1.82) is 0 Å². The van der Waals surface area contributed by atoms with Crippen molar-refractivity contribution in [3.8, 4) is 0 Å². The number of methoxy groups -OCH3 is 1.